The molecule has 1 aliphatic rings. The standard InChI is InChI=1S/C15H16N2O2S/c1-2-17(11-8-9-11)15-16-12(13(20-15)14(18)19)10-6-4-3-5-7-10/h3-7,11H,2,8-9H2,1H3,(H,18,19). The second-order valence-electron chi connectivity index (χ2n) is 4.86. The van der Waals surface area contributed by atoms with Crippen molar-refractivity contribution in [1.29, 1.82) is 0 Å². The first-order valence-electron chi connectivity index (χ1n) is 6.77. The van der Waals surface area contributed by atoms with E-state index in [1.165, 1.54) is 24.2 Å². The number of carboxylic acids is 1. The third-order valence-corrected chi connectivity index (χ3v) is 4.51. The predicted octanol–water partition coefficient (Wildman–Crippen LogP) is 3.50. The van der Waals surface area contributed by atoms with Crippen molar-refractivity contribution >= 4 is 22.4 Å². The van der Waals surface area contributed by atoms with E-state index in [0.29, 0.717) is 16.6 Å². The number of aromatic nitrogens is 1. The van der Waals surface area contributed by atoms with E-state index in [-0.39, 0.29) is 0 Å². The van der Waals surface area contributed by atoms with Crippen LogP contribution >= 0.6 is 11.3 Å². The Bertz CT molecular complexity index is 620. The molecule has 0 spiro atoms. The predicted molar refractivity (Wildman–Crippen MR) is 80.6 cm³/mol. The van der Waals surface area contributed by atoms with Crippen molar-refractivity contribution in [3.63, 3.8) is 0 Å². The number of benzene rings is 1. The van der Waals surface area contributed by atoms with Gasteiger partial charge in [-0.3, -0.25) is 0 Å². The molecule has 104 valence electrons. The third kappa shape index (κ3) is 2.41. The summed E-state index contributed by atoms with van der Waals surface area (Å²) < 4.78 is 0. The zero-order valence-corrected chi connectivity index (χ0v) is 12.1. The van der Waals surface area contributed by atoms with E-state index in [0.717, 1.165) is 17.2 Å². The number of hydrogen-bond acceptors (Lipinski definition) is 4. The topological polar surface area (TPSA) is 53.4 Å². The summed E-state index contributed by atoms with van der Waals surface area (Å²) in [4.78, 5) is 18.6. The zero-order chi connectivity index (χ0) is 14.1. The molecule has 4 nitrogen and oxygen atoms in total. The maximum atomic E-state index is 11.5. The number of anilines is 1. The van der Waals surface area contributed by atoms with Gasteiger partial charge in [0.05, 0.1) is 5.69 Å². The Kier molecular flexibility index (Phi) is 3.44. The number of carboxylic acid groups (broad SMARTS) is 1. The van der Waals surface area contributed by atoms with Gasteiger partial charge in [0.25, 0.3) is 0 Å². The molecule has 1 heterocycles. The normalized spacial score (nSPS) is 14.2. The Balaban J connectivity index is 2.04. The first-order chi connectivity index (χ1) is 9.70. The van der Waals surface area contributed by atoms with E-state index in [9.17, 15) is 9.90 Å². The first kappa shape index (κ1) is 13.1. The molecule has 0 atom stereocenters. The van der Waals surface area contributed by atoms with Crippen LogP contribution in [0.2, 0.25) is 0 Å². The third-order valence-electron chi connectivity index (χ3n) is 3.43. The van der Waals surface area contributed by atoms with Crippen LogP contribution < -0.4 is 4.90 Å². The summed E-state index contributed by atoms with van der Waals surface area (Å²) in [6.07, 6.45) is 2.35. The molecule has 0 saturated heterocycles. The van der Waals surface area contributed by atoms with Gasteiger partial charge < -0.3 is 10.0 Å². The van der Waals surface area contributed by atoms with Crippen molar-refractivity contribution in [2.45, 2.75) is 25.8 Å². The lowest BCUT2D eigenvalue weighted by Gasteiger charge is -2.18. The molecule has 0 amide bonds. The molecule has 20 heavy (non-hydrogen) atoms. The quantitative estimate of drug-likeness (QED) is 0.915. The van der Waals surface area contributed by atoms with Crippen molar-refractivity contribution in [3.05, 3.63) is 35.2 Å². The summed E-state index contributed by atoms with van der Waals surface area (Å²) in [5.74, 6) is -0.903. The van der Waals surface area contributed by atoms with Gasteiger partial charge in [-0.15, -0.1) is 0 Å². The molecule has 3 rings (SSSR count). The van der Waals surface area contributed by atoms with Crippen LogP contribution in [0.1, 0.15) is 29.4 Å². The SMILES string of the molecule is CCN(c1nc(-c2ccccc2)c(C(=O)O)s1)C1CC1. The molecule has 1 saturated carbocycles. The number of hydrogen-bond donors (Lipinski definition) is 1. The van der Waals surface area contributed by atoms with Gasteiger partial charge in [-0.05, 0) is 19.8 Å². The highest BCUT2D eigenvalue weighted by atomic mass is 32.1. The molecule has 1 aromatic heterocycles. The smallest absolute Gasteiger partial charge is 0.348 e. The fourth-order valence-electron chi connectivity index (χ4n) is 2.30. The fourth-order valence-corrected chi connectivity index (χ4v) is 3.37. The summed E-state index contributed by atoms with van der Waals surface area (Å²) in [6, 6.07) is 10.1. The molecule has 2 aromatic rings. The molecule has 0 aliphatic heterocycles. The summed E-state index contributed by atoms with van der Waals surface area (Å²) in [5, 5.41) is 10.2. The van der Waals surface area contributed by atoms with E-state index in [2.05, 4.69) is 16.8 Å². The average Bonchev–Trinajstić information content (AvgIpc) is 3.18. The van der Waals surface area contributed by atoms with E-state index in [1.807, 2.05) is 30.3 Å². The van der Waals surface area contributed by atoms with Gasteiger partial charge in [0.2, 0.25) is 0 Å². The number of thiazole rings is 1. The first-order valence-corrected chi connectivity index (χ1v) is 7.58. The second kappa shape index (κ2) is 5.25. The van der Waals surface area contributed by atoms with Crippen LogP contribution in [0.5, 0.6) is 0 Å². The maximum Gasteiger partial charge on any atom is 0.348 e. The van der Waals surface area contributed by atoms with Crippen LogP contribution in [0.25, 0.3) is 11.3 Å². The van der Waals surface area contributed by atoms with E-state index in [4.69, 9.17) is 0 Å². The monoisotopic (exact) mass is 288 g/mol. The Labute approximate surface area is 121 Å². The number of aromatic carboxylic acids is 1. The highest BCUT2D eigenvalue weighted by Gasteiger charge is 2.31. The van der Waals surface area contributed by atoms with Crippen molar-refractivity contribution in [2.24, 2.45) is 0 Å². The van der Waals surface area contributed by atoms with Crippen LogP contribution in [-0.2, 0) is 0 Å². The van der Waals surface area contributed by atoms with Gasteiger partial charge >= 0.3 is 5.97 Å². The minimum absolute atomic E-state index is 0.324. The van der Waals surface area contributed by atoms with Crippen LogP contribution in [0, 0.1) is 0 Å². The van der Waals surface area contributed by atoms with E-state index >= 15 is 0 Å². The number of nitrogens with zero attached hydrogens (tertiary/aromatic N) is 2. The van der Waals surface area contributed by atoms with Crippen LogP contribution in [0.15, 0.2) is 30.3 Å². The number of carbonyl (C=O) groups is 1. The summed E-state index contributed by atoms with van der Waals surface area (Å²) in [6.45, 7) is 2.95. The Hall–Kier alpha value is -1.88. The lowest BCUT2D eigenvalue weighted by Crippen LogP contribution is -2.24. The molecule has 1 N–H and O–H groups in total. The van der Waals surface area contributed by atoms with Crippen molar-refractivity contribution in [3.8, 4) is 11.3 Å². The van der Waals surface area contributed by atoms with Gasteiger partial charge in [-0.1, -0.05) is 41.7 Å². The Morgan fingerprint density at radius 1 is 1.40 bits per heavy atom. The molecule has 1 aromatic carbocycles. The highest BCUT2D eigenvalue weighted by molar-refractivity contribution is 7.17. The molecular formula is C15H16N2O2S. The fraction of sp³-hybridized carbons (Fsp3) is 0.333. The van der Waals surface area contributed by atoms with E-state index < -0.39 is 5.97 Å². The largest absolute Gasteiger partial charge is 0.477 e. The van der Waals surface area contributed by atoms with Crippen LogP contribution in [-0.4, -0.2) is 28.6 Å². The summed E-state index contributed by atoms with van der Waals surface area (Å²) in [5.41, 5.74) is 1.44. The molecule has 5 heteroatoms. The molecule has 1 fully saturated rings. The highest BCUT2D eigenvalue weighted by Crippen LogP contribution is 2.38. The second-order valence-corrected chi connectivity index (χ2v) is 5.84. The number of rotatable bonds is 5. The average molecular weight is 288 g/mol. The Morgan fingerprint density at radius 3 is 2.65 bits per heavy atom. The van der Waals surface area contributed by atoms with Crippen molar-refractivity contribution in [2.75, 3.05) is 11.4 Å². The Morgan fingerprint density at radius 2 is 2.10 bits per heavy atom. The molecule has 0 radical (unpaired) electrons. The maximum absolute atomic E-state index is 11.5. The molecule has 0 unspecified atom stereocenters. The summed E-state index contributed by atoms with van der Waals surface area (Å²) in [7, 11) is 0. The van der Waals surface area contributed by atoms with Gasteiger partial charge in [0, 0.05) is 18.2 Å². The van der Waals surface area contributed by atoms with Crippen molar-refractivity contribution in [1.82, 2.24) is 4.98 Å². The molecule has 0 bridgehead atoms. The molecular weight excluding hydrogens is 272 g/mol. The summed E-state index contributed by atoms with van der Waals surface area (Å²) >= 11 is 1.28. The van der Waals surface area contributed by atoms with Gasteiger partial charge in [-0.25, -0.2) is 9.78 Å². The lowest BCUT2D eigenvalue weighted by atomic mass is 10.1. The molecule has 1 aliphatic carbocycles. The van der Waals surface area contributed by atoms with Crippen LogP contribution in [0.4, 0.5) is 5.13 Å². The zero-order valence-electron chi connectivity index (χ0n) is 11.2. The van der Waals surface area contributed by atoms with Gasteiger partial charge in [-0.2, -0.15) is 0 Å². The van der Waals surface area contributed by atoms with Gasteiger partial charge in [0.1, 0.15) is 4.88 Å². The van der Waals surface area contributed by atoms with Gasteiger partial charge in [0.15, 0.2) is 5.13 Å². The lowest BCUT2D eigenvalue weighted by molar-refractivity contribution is 0.0702. The van der Waals surface area contributed by atoms with Crippen LogP contribution in [0.3, 0.4) is 0 Å². The minimum atomic E-state index is -0.903. The van der Waals surface area contributed by atoms with Crippen molar-refractivity contribution < 1.29 is 9.90 Å². The minimum Gasteiger partial charge on any atom is -0.477 e. The van der Waals surface area contributed by atoms with E-state index in [1.54, 1.807) is 0 Å².